The zero-order chi connectivity index (χ0) is 7.19. The maximum absolute atomic E-state index is 6.18. The highest BCUT2D eigenvalue weighted by atomic mass is 16.5. The second-order valence-electron chi connectivity index (χ2n) is 3.70. The zero-order valence-electron chi connectivity index (χ0n) is 6.47. The fourth-order valence-electron chi connectivity index (χ4n) is 2.28. The molecule has 1 saturated heterocycles. The lowest BCUT2D eigenvalue weighted by atomic mass is 9.87. The first kappa shape index (κ1) is 6.62. The van der Waals surface area contributed by atoms with Crippen molar-refractivity contribution in [3.8, 4) is 0 Å². The largest absolute Gasteiger partial charge is 0.376 e. The van der Waals surface area contributed by atoms with Gasteiger partial charge < -0.3 is 10.5 Å². The van der Waals surface area contributed by atoms with Crippen molar-refractivity contribution in [2.24, 2.45) is 11.7 Å². The van der Waals surface area contributed by atoms with Gasteiger partial charge in [-0.2, -0.15) is 0 Å². The van der Waals surface area contributed by atoms with Crippen LogP contribution in [0.1, 0.15) is 26.2 Å². The number of fused-ring (bicyclic) bond motifs is 1. The van der Waals surface area contributed by atoms with E-state index in [1.807, 2.05) is 0 Å². The molecule has 2 aliphatic rings. The summed E-state index contributed by atoms with van der Waals surface area (Å²) in [4.78, 5) is 0. The lowest BCUT2D eigenvalue weighted by Gasteiger charge is -2.26. The second-order valence-corrected chi connectivity index (χ2v) is 3.70. The van der Waals surface area contributed by atoms with Crippen molar-refractivity contribution in [2.45, 2.75) is 37.8 Å². The highest BCUT2D eigenvalue weighted by Gasteiger charge is 2.48. The Morgan fingerprint density at radius 2 is 2.30 bits per heavy atom. The van der Waals surface area contributed by atoms with Crippen molar-refractivity contribution >= 4 is 0 Å². The van der Waals surface area contributed by atoms with E-state index in [4.69, 9.17) is 10.5 Å². The van der Waals surface area contributed by atoms with Gasteiger partial charge in [0.25, 0.3) is 0 Å². The average molecular weight is 141 g/mol. The van der Waals surface area contributed by atoms with Gasteiger partial charge in [-0.05, 0) is 25.2 Å². The minimum Gasteiger partial charge on any atom is -0.376 e. The van der Waals surface area contributed by atoms with Gasteiger partial charge in [0, 0.05) is 12.1 Å². The molecule has 10 heavy (non-hydrogen) atoms. The second kappa shape index (κ2) is 1.95. The summed E-state index contributed by atoms with van der Waals surface area (Å²) in [6.45, 7) is 3.13. The van der Waals surface area contributed by atoms with Crippen LogP contribution >= 0.6 is 0 Å². The summed E-state index contributed by atoms with van der Waals surface area (Å²) in [5.41, 5.74) is 6.22. The number of hydrogen-bond acceptors (Lipinski definition) is 2. The summed E-state index contributed by atoms with van der Waals surface area (Å²) in [5.74, 6) is 0.667. The monoisotopic (exact) mass is 141 g/mol. The zero-order valence-corrected chi connectivity index (χ0v) is 6.47. The summed E-state index contributed by atoms with van der Waals surface area (Å²) in [6, 6.07) is 0. The van der Waals surface area contributed by atoms with E-state index in [1.165, 1.54) is 12.8 Å². The van der Waals surface area contributed by atoms with Crippen LogP contribution in [0.25, 0.3) is 0 Å². The maximum Gasteiger partial charge on any atom is 0.0758 e. The minimum absolute atomic E-state index is 0.0417. The molecule has 0 spiro atoms. The summed E-state index contributed by atoms with van der Waals surface area (Å²) in [7, 11) is 0. The van der Waals surface area contributed by atoms with E-state index < -0.39 is 0 Å². The Bertz CT molecular complexity index is 148. The predicted octanol–water partition coefficient (Wildman–Crippen LogP) is 0.903. The van der Waals surface area contributed by atoms with E-state index >= 15 is 0 Å². The predicted molar refractivity (Wildman–Crippen MR) is 39.7 cm³/mol. The lowest BCUT2D eigenvalue weighted by Crippen LogP contribution is -2.47. The lowest BCUT2D eigenvalue weighted by molar-refractivity contribution is 0.0912. The quantitative estimate of drug-likeness (QED) is 0.544. The Kier molecular flexibility index (Phi) is 1.29. The van der Waals surface area contributed by atoms with Crippen LogP contribution in [0, 0.1) is 5.92 Å². The molecule has 0 amide bonds. The van der Waals surface area contributed by atoms with E-state index in [2.05, 4.69) is 6.92 Å². The average Bonchev–Trinajstić information content (AvgIpc) is 2.36. The molecule has 0 aromatic rings. The Hall–Kier alpha value is -0.0800. The van der Waals surface area contributed by atoms with Gasteiger partial charge in [0.1, 0.15) is 0 Å². The van der Waals surface area contributed by atoms with Crippen LogP contribution in [0.3, 0.4) is 0 Å². The van der Waals surface area contributed by atoms with Gasteiger partial charge in [0.2, 0.25) is 0 Å². The Morgan fingerprint density at radius 3 is 3.00 bits per heavy atom. The third kappa shape index (κ3) is 0.663. The van der Waals surface area contributed by atoms with E-state index in [0.29, 0.717) is 12.0 Å². The molecule has 3 unspecified atom stereocenters. The highest BCUT2D eigenvalue weighted by molar-refractivity contribution is 5.05. The SMILES string of the molecule is CC1CCC2OCCC12N. The molecule has 1 saturated carbocycles. The van der Waals surface area contributed by atoms with Gasteiger partial charge in [0.05, 0.1) is 6.10 Å². The molecule has 1 aliphatic heterocycles. The van der Waals surface area contributed by atoms with Gasteiger partial charge in [-0.25, -0.2) is 0 Å². The summed E-state index contributed by atoms with van der Waals surface area (Å²) in [5, 5.41) is 0. The minimum atomic E-state index is 0.0417. The molecule has 3 atom stereocenters. The van der Waals surface area contributed by atoms with Crippen molar-refractivity contribution < 1.29 is 4.74 Å². The molecular weight excluding hydrogens is 126 g/mol. The smallest absolute Gasteiger partial charge is 0.0758 e. The van der Waals surface area contributed by atoms with Gasteiger partial charge in [-0.3, -0.25) is 0 Å². The highest BCUT2D eigenvalue weighted by Crippen LogP contribution is 2.41. The standard InChI is InChI=1S/C8H15NO/c1-6-2-3-7-8(6,9)4-5-10-7/h6-7H,2-5,9H2,1H3. The molecule has 0 bridgehead atoms. The Morgan fingerprint density at radius 1 is 1.50 bits per heavy atom. The van der Waals surface area contributed by atoms with E-state index in [1.54, 1.807) is 0 Å². The van der Waals surface area contributed by atoms with Gasteiger partial charge in [-0.1, -0.05) is 6.92 Å². The molecule has 2 N–H and O–H groups in total. The van der Waals surface area contributed by atoms with Crippen LogP contribution in [0.5, 0.6) is 0 Å². The Balaban J connectivity index is 2.21. The van der Waals surface area contributed by atoms with Gasteiger partial charge in [-0.15, -0.1) is 0 Å². The maximum atomic E-state index is 6.18. The summed E-state index contributed by atoms with van der Waals surface area (Å²) in [6.07, 6.45) is 3.88. The number of rotatable bonds is 0. The van der Waals surface area contributed by atoms with Gasteiger partial charge in [0.15, 0.2) is 0 Å². The van der Waals surface area contributed by atoms with Crippen molar-refractivity contribution in [2.75, 3.05) is 6.61 Å². The molecule has 0 aromatic heterocycles. The molecule has 0 aromatic carbocycles. The van der Waals surface area contributed by atoms with Crippen LogP contribution in [-0.2, 0) is 4.74 Å². The van der Waals surface area contributed by atoms with Crippen LogP contribution < -0.4 is 5.73 Å². The first-order valence-electron chi connectivity index (χ1n) is 4.14. The van der Waals surface area contributed by atoms with Crippen molar-refractivity contribution in [1.29, 1.82) is 0 Å². The van der Waals surface area contributed by atoms with E-state index in [9.17, 15) is 0 Å². The number of hydrogen-bond donors (Lipinski definition) is 1. The molecule has 1 aliphatic carbocycles. The summed E-state index contributed by atoms with van der Waals surface area (Å²) >= 11 is 0. The topological polar surface area (TPSA) is 35.2 Å². The van der Waals surface area contributed by atoms with Crippen molar-refractivity contribution in [1.82, 2.24) is 0 Å². The number of nitrogens with two attached hydrogens (primary N) is 1. The molecule has 2 rings (SSSR count). The Labute approximate surface area is 61.7 Å². The molecule has 2 nitrogen and oxygen atoms in total. The van der Waals surface area contributed by atoms with Crippen LogP contribution in [0.15, 0.2) is 0 Å². The molecule has 0 radical (unpaired) electrons. The molecule has 2 fully saturated rings. The summed E-state index contributed by atoms with van der Waals surface area (Å²) < 4.78 is 5.53. The van der Waals surface area contributed by atoms with Crippen LogP contribution in [-0.4, -0.2) is 18.2 Å². The first-order chi connectivity index (χ1) is 4.73. The van der Waals surface area contributed by atoms with Crippen molar-refractivity contribution in [3.63, 3.8) is 0 Å². The molecule has 1 heterocycles. The third-order valence-corrected chi connectivity index (χ3v) is 3.23. The van der Waals surface area contributed by atoms with Crippen molar-refractivity contribution in [3.05, 3.63) is 0 Å². The van der Waals surface area contributed by atoms with Crippen LogP contribution in [0.2, 0.25) is 0 Å². The number of ether oxygens (including phenoxy) is 1. The van der Waals surface area contributed by atoms with Crippen LogP contribution in [0.4, 0.5) is 0 Å². The molecule has 58 valence electrons. The molecule has 2 heteroatoms. The molecular formula is C8H15NO. The fourth-order valence-corrected chi connectivity index (χ4v) is 2.28. The normalized spacial score (nSPS) is 53.4. The van der Waals surface area contributed by atoms with Gasteiger partial charge >= 0.3 is 0 Å². The first-order valence-corrected chi connectivity index (χ1v) is 4.14. The van der Waals surface area contributed by atoms with E-state index in [-0.39, 0.29) is 5.54 Å². The van der Waals surface area contributed by atoms with E-state index in [0.717, 1.165) is 13.0 Å². The fraction of sp³-hybridized carbons (Fsp3) is 1.00. The third-order valence-electron chi connectivity index (χ3n) is 3.23.